The topological polar surface area (TPSA) is 106 Å². The van der Waals surface area contributed by atoms with Gasteiger partial charge >= 0.3 is 0 Å². The van der Waals surface area contributed by atoms with Crippen molar-refractivity contribution in [3.8, 4) is 0 Å². The Kier molecular flexibility index (Phi) is 5.20. The predicted octanol–water partition coefficient (Wildman–Crippen LogP) is 3.24. The van der Waals surface area contributed by atoms with Gasteiger partial charge in [-0.1, -0.05) is 20.8 Å². The average molecular weight is 402 g/mol. The van der Waals surface area contributed by atoms with Crippen LogP contribution in [0.1, 0.15) is 30.4 Å². The molecular formula is C16H16F2N2O4S2. The van der Waals surface area contributed by atoms with Crippen LogP contribution in [0.5, 0.6) is 0 Å². The summed E-state index contributed by atoms with van der Waals surface area (Å²) in [5.74, 6) is -2.96. The molecule has 6 nitrogen and oxygen atoms in total. The number of ketones is 1. The molecule has 1 aromatic carbocycles. The van der Waals surface area contributed by atoms with Gasteiger partial charge in [0.05, 0.1) is 21.1 Å². The predicted molar refractivity (Wildman–Crippen MR) is 94.0 cm³/mol. The van der Waals surface area contributed by atoms with Gasteiger partial charge in [0.1, 0.15) is 4.21 Å². The number of hydrogen-bond acceptors (Lipinski definition) is 6. The van der Waals surface area contributed by atoms with Gasteiger partial charge in [0, 0.05) is 5.41 Å². The van der Waals surface area contributed by atoms with Crippen LogP contribution < -0.4 is 11.1 Å². The molecule has 2 rings (SSSR count). The number of anilines is 2. The summed E-state index contributed by atoms with van der Waals surface area (Å²) in [5.41, 5.74) is 4.54. The van der Waals surface area contributed by atoms with E-state index < -0.39 is 41.8 Å². The van der Waals surface area contributed by atoms with Crippen LogP contribution in [0.4, 0.5) is 20.2 Å². The van der Waals surface area contributed by atoms with E-state index in [1.807, 2.05) is 0 Å². The zero-order chi connectivity index (χ0) is 19.9. The maximum atomic E-state index is 13.4. The molecule has 26 heavy (non-hydrogen) atoms. The first-order valence-corrected chi connectivity index (χ1v) is 9.58. The second-order valence-corrected chi connectivity index (χ2v) is 9.59. The van der Waals surface area contributed by atoms with E-state index in [9.17, 15) is 26.8 Å². The molecular weight excluding hydrogens is 386 g/mol. The van der Waals surface area contributed by atoms with E-state index in [0.717, 1.165) is 6.07 Å². The molecule has 0 atom stereocenters. The Balaban J connectivity index is 2.71. The van der Waals surface area contributed by atoms with E-state index in [1.165, 1.54) is 0 Å². The second kappa shape index (κ2) is 6.76. The molecule has 3 N–H and O–H groups in total. The lowest BCUT2D eigenvalue weighted by Gasteiger charge is -2.16. The molecule has 0 unspecified atom stereocenters. The number of carbonyl (C=O) groups is 2. The number of nitrogen functional groups attached to an aromatic ring is 1. The lowest BCUT2D eigenvalue weighted by molar-refractivity contribution is -0.105. The summed E-state index contributed by atoms with van der Waals surface area (Å²) in [6.07, 6.45) is 0.270. The first-order chi connectivity index (χ1) is 11.9. The minimum Gasteiger partial charge on any atom is -0.395 e. The summed E-state index contributed by atoms with van der Waals surface area (Å²) >= 11 is 0.573. The van der Waals surface area contributed by atoms with Crippen LogP contribution in [-0.4, -0.2) is 20.6 Å². The van der Waals surface area contributed by atoms with E-state index in [1.54, 1.807) is 20.8 Å². The molecule has 0 saturated carbocycles. The molecule has 0 bridgehead atoms. The third kappa shape index (κ3) is 3.47. The van der Waals surface area contributed by atoms with Crippen LogP contribution in [-0.2, 0) is 14.6 Å². The van der Waals surface area contributed by atoms with Gasteiger partial charge in [0.25, 0.3) is 0 Å². The van der Waals surface area contributed by atoms with Gasteiger partial charge < -0.3 is 11.1 Å². The number of Topliss-reactive ketones (excluding diaryl/α,β-unsaturated/α-hetero) is 1. The van der Waals surface area contributed by atoms with Gasteiger partial charge in [-0.3, -0.25) is 9.59 Å². The molecule has 10 heteroatoms. The maximum absolute atomic E-state index is 13.4. The van der Waals surface area contributed by atoms with Crippen molar-refractivity contribution in [3.05, 3.63) is 34.7 Å². The van der Waals surface area contributed by atoms with Crippen molar-refractivity contribution in [3.63, 3.8) is 0 Å². The fourth-order valence-corrected chi connectivity index (χ4v) is 5.23. The van der Waals surface area contributed by atoms with Crippen molar-refractivity contribution >= 4 is 44.7 Å². The Morgan fingerprint density at radius 2 is 1.85 bits per heavy atom. The molecule has 1 amide bonds. The van der Waals surface area contributed by atoms with Gasteiger partial charge in [-0.15, -0.1) is 11.3 Å². The fourth-order valence-electron chi connectivity index (χ4n) is 2.08. The molecule has 0 aliphatic carbocycles. The minimum atomic E-state index is -4.33. The van der Waals surface area contributed by atoms with E-state index in [-0.39, 0.29) is 22.7 Å². The van der Waals surface area contributed by atoms with Gasteiger partial charge in [0.15, 0.2) is 17.4 Å². The number of benzene rings is 1. The molecule has 0 saturated heterocycles. The number of nitrogens with two attached hydrogens (primary N) is 1. The molecule has 1 aromatic heterocycles. The highest BCUT2D eigenvalue weighted by molar-refractivity contribution is 7.93. The van der Waals surface area contributed by atoms with Gasteiger partial charge in [-0.25, -0.2) is 17.2 Å². The SMILES string of the molecule is CC(C)(C)C(=O)c1sc(S(=O)(=O)c2ccc(F)c(F)c2)c(N)c1NC=O. The van der Waals surface area contributed by atoms with Crippen molar-refractivity contribution in [2.45, 2.75) is 29.9 Å². The molecule has 1 heterocycles. The van der Waals surface area contributed by atoms with E-state index in [0.29, 0.717) is 23.5 Å². The number of hydrogen-bond donors (Lipinski definition) is 2. The molecule has 0 aliphatic heterocycles. The molecule has 140 valence electrons. The Bertz CT molecular complexity index is 992. The van der Waals surface area contributed by atoms with Crippen molar-refractivity contribution in [1.82, 2.24) is 0 Å². The van der Waals surface area contributed by atoms with Crippen molar-refractivity contribution in [2.24, 2.45) is 5.41 Å². The van der Waals surface area contributed by atoms with Crippen LogP contribution in [0, 0.1) is 17.0 Å². The van der Waals surface area contributed by atoms with Crippen LogP contribution in [0.15, 0.2) is 27.3 Å². The Hall–Kier alpha value is -2.33. The Labute approximate surface area is 152 Å². The van der Waals surface area contributed by atoms with Crippen molar-refractivity contribution in [2.75, 3.05) is 11.1 Å². The fraction of sp³-hybridized carbons (Fsp3) is 0.250. The van der Waals surface area contributed by atoms with Crippen LogP contribution in [0.25, 0.3) is 0 Å². The monoisotopic (exact) mass is 402 g/mol. The van der Waals surface area contributed by atoms with Crippen LogP contribution in [0.3, 0.4) is 0 Å². The van der Waals surface area contributed by atoms with Crippen LogP contribution in [0.2, 0.25) is 0 Å². The van der Waals surface area contributed by atoms with Crippen LogP contribution >= 0.6 is 11.3 Å². The molecule has 0 radical (unpaired) electrons. The first-order valence-electron chi connectivity index (χ1n) is 7.28. The maximum Gasteiger partial charge on any atom is 0.218 e. The third-order valence-electron chi connectivity index (χ3n) is 3.45. The standard InChI is InChI=1S/C16H16F2N2O4S2/c1-16(2,3)14(22)13-12(20-7-21)11(19)15(25-13)26(23,24)8-4-5-9(17)10(18)6-8/h4-7H,19H2,1-3H3,(H,20,21). The van der Waals surface area contributed by atoms with Gasteiger partial charge in [-0.05, 0) is 18.2 Å². The number of halogens is 2. The highest BCUT2D eigenvalue weighted by Gasteiger charge is 2.34. The average Bonchev–Trinajstić information content (AvgIpc) is 2.86. The van der Waals surface area contributed by atoms with E-state index in [2.05, 4.69) is 5.32 Å². The summed E-state index contributed by atoms with van der Waals surface area (Å²) in [5, 5.41) is 2.25. The largest absolute Gasteiger partial charge is 0.395 e. The molecule has 2 aromatic rings. The molecule has 0 aliphatic rings. The quantitative estimate of drug-likeness (QED) is 0.454. The smallest absolute Gasteiger partial charge is 0.218 e. The van der Waals surface area contributed by atoms with Crippen molar-refractivity contribution in [1.29, 1.82) is 0 Å². The summed E-state index contributed by atoms with van der Waals surface area (Å²) < 4.78 is 51.6. The normalized spacial score (nSPS) is 12.0. The number of thiophene rings is 1. The number of carbonyl (C=O) groups excluding carboxylic acids is 2. The summed E-state index contributed by atoms with van der Waals surface area (Å²) in [6, 6.07) is 2.10. The third-order valence-corrected chi connectivity index (χ3v) is 6.94. The summed E-state index contributed by atoms with van der Waals surface area (Å²) in [4.78, 5) is 22.9. The highest BCUT2D eigenvalue weighted by Crippen LogP contribution is 2.43. The van der Waals surface area contributed by atoms with Crippen molar-refractivity contribution < 1.29 is 26.8 Å². The number of rotatable bonds is 5. The first kappa shape index (κ1) is 20.0. The number of sulfone groups is 1. The number of amides is 1. The van der Waals surface area contributed by atoms with Gasteiger partial charge in [-0.2, -0.15) is 0 Å². The lowest BCUT2D eigenvalue weighted by Crippen LogP contribution is -2.20. The second-order valence-electron chi connectivity index (χ2n) is 6.43. The summed E-state index contributed by atoms with van der Waals surface area (Å²) in [7, 11) is -4.33. The molecule has 0 fully saturated rings. The number of nitrogens with one attached hydrogen (secondary N) is 1. The zero-order valence-electron chi connectivity index (χ0n) is 14.1. The van der Waals surface area contributed by atoms with E-state index in [4.69, 9.17) is 5.73 Å². The molecule has 0 spiro atoms. The Morgan fingerprint density at radius 3 is 2.35 bits per heavy atom. The van der Waals surface area contributed by atoms with Gasteiger partial charge in [0.2, 0.25) is 16.2 Å². The lowest BCUT2D eigenvalue weighted by atomic mass is 9.89. The van der Waals surface area contributed by atoms with E-state index >= 15 is 0 Å². The zero-order valence-corrected chi connectivity index (χ0v) is 15.7. The minimum absolute atomic E-state index is 0.0386. The highest BCUT2D eigenvalue weighted by atomic mass is 32.2. The summed E-state index contributed by atoms with van der Waals surface area (Å²) in [6.45, 7) is 4.87. The Morgan fingerprint density at radius 1 is 1.23 bits per heavy atom.